The lowest BCUT2D eigenvalue weighted by atomic mass is 10.0. The predicted octanol–water partition coefficient (Wildman–Crippen LogP) is 3.01. The smallest absolute Gasteiger partial charge is 0.317 e. The summed E-state index contributed by atoms with van der Waals surface area (Å²) < 4.78 is 0. The number of nitrogens with zero attached hydrogens (tertiary/aromatic N) is 3. The van der Waals surface area contributed by atoms with Crippen LogP contribution in [0, 0.1) is 5.92 Å². The number of hydrogen-bond acceptors (Lipinski definition) is 3. The molecule has 2 aliphatic rings. The average Bonchev–Trinajstić information content (AvgIpc) is 2.61. The summed E-state index contributed by atoms with van der Waals surface area (Å²) in [7, 11) is 0. The van der Waals surface area contributed by atoms with Crippen molar-refractivity contribution in [2.75, 3.05) is 31.1 Å². The SMILES string of the molecule is CC1CCCN(C(=O)NCc2ccnc(N3CCCCC3)c2)C1. The molecule has 2 saturated heterocycles. The van der Waals surface area contributed by atoms with Gasteiger partial charge in [-0.2, -0.15) is 0 Å². The second-order valence-corrected chi connectivity index (χ2v) is 6.92. The first-order chi connectivity index (χ1) is 11.2. The van der Waals surface area contributed by atoms with Crippen LogP contribution in [-0.2, 0) is 6.54 Å². The van der Waals surface area contributed by atoms with Gasteiger partial charge in [0.15, 0.2) is 0 Å². The Hall–Kier alpha value is -1.78. The van der Waals surface area contributed by atoms with E-state index in [4.69, 9.17) is 0 Å². The second kappa shape index (κ2) is 7.66. The molecule has 2 amide bonds. The van der Waals surface area contributed by atoms with Gasteiger partial charge in [-0.05, 0) is 55.7 Å². The highest BCUT2D eigenvalue weighted by molar-refractivity contribution is 5.74. The topological polar surface area (TPSA) is 48.5 Å². The van der Waals surface area contributed by atoms with Gasteiger partial charge in [-0.15, -0.1) is 0 Å². The number of carbonyl (C=O) groups is 1. The van der Waals surface area contributed by atoms with Crippen LogP contribution in [0.25, 0.3) is 0 Å². The highest BCUT2D eigenvalue weighted by Crippen LogP contribution is 2.19. The lowest BCUT2D eigenvalue weighted by Crippen LogP contribution is -2.44. The summed E-state index contributed by atoms with van der Waals surface area (Å²) in [5, 5.41) is 3.06. The maximum Gasteiger partial charge on any atom is 0.317 e. The molecule has 1 N–H and O–H groups in total. The molecule has 2 aliphatic heterocycles. The van der Waals surface area contributed by atoms with Crippen LogP contribution in [0.1, 0.15) is 44.6 Å². The molecular weight excluding hydrogens is 288 g/mol. The van der Waals surface area contributed by atoms with E-state index in [2.05, 4.69) is 28.2 Å². The van der Waals surface area contributed by atoms with Gasteiger partial charge < -0.3 is 15.1 Å². The minimum absolute atomic E-state index is 0.0629. The quantitative estimate of drug-likeness (QED) is 0.932. The van der Waals surface area contributed by atoms with Crippen LogP contribution >= 0.6 is 0 Å². The number of rotatable bonds is 3. The van der Waals surface area contributed by atoms with Gasteiger partial charge in [0.25, 0.3) is 0 Å². The van der Waals surface area contributed by atoms with Crippen molar-refractivity contribution in [3.8, 4) is 0 Å². The van der Waals surface area contributed by atoms with Crippen molar-refractivity contribution >= 4 is 11.8 Å². The van der Waals surface area contributed by atoms with E-state index in [0.717, 1.165) is 44.0 Å². The fraction of sp³-hybridized carbons (Fsp3) is 0.667. The van der Waals surface area contributed by atoms with Gasteiger partial charge in [0, 0.05) is 38.9 Å². The molecule has 5 nitrogen and oxygen atoms in total. The Bertz CT molecular complexity index is 528. The van der Waals surface area contributed by atoms with Crippen LogP contribution in [0.5, 0.6) is 0 Å². The zero-order chi connectivity index (χ0) is 16.1. The Morgan fingerprint density at radius 3 is 2.87 bits per heavy atom. The van der Waals surface area contributed by atoms with Crippen LogP contribution in [0.2, 0.25) is 0 Å². The van der Waals surface area contributed by atoms with Gasteiger partial charge in [-0.3, -0.25) is 0 Å². The summed E-state index contributed by atoms with van der Waals surface area (Å²) >= 11 is 0. The summed E-state index contributed by atoms with van der Waals surface area (Å²) in [5.41, 5.74) is 1.12. The maximum atomic E-state index is 12.3. The van der Waals surface area contributed by atoms with Gasteiger partial charge in [-0.1, -0.05) is 6.92 Å². The number of pyridine rings is 1. The van der Waals surface area contributed by atoms with Crippen molar-refractivity contribution in [1.29, 1.82) is 0 Å². The van der Waals surface area contributed by atoms with Gasteiger partial charge in [0.1, 0.15) is 5.82 Å². The molecule has 0 bridgehead atoms. The molecule has 1 aromatic heterocycles. The minimum Gasteiger partial charge on any atom is -0.357 e. The van der Waals surface area contributed by atoms with Crippen LogP contribution in [-0.4, -0.2) is 42.1 Å². The highest BCUT2D eigenvalue weighted by Gasteiger charge is 2.20. The number of likely N-dealkylation sites (tertiary alicyclic amines) is 1. The van der Waals surface area contributed by atoms with Gasteiger partial charge >= 0.3 is 6.03 Å². The number of amides is 2. The summed E-state index contributed by atoms with van der Waals surface area (Å²) in [4.78, 5) is 21.1. The van der Waals surface area contributed by atoms with E-state index in [1.807, 2.05) is 17.2 Å². The third kappa shape index (κ3) is 4.36. The molecule has 0 aliphatic carbocycles. The molecule has 1 atom stereocenters. The van der Waals surface area contributed by atoms with Crippen molar-refractivity contribution < 1.29 is 4.79 Å². The molecule has 3 rings (SSSR count). The minimum atomic E-state index is 0.0629. The zero-order valence-electron chi connectivity index (χ0n) is 14.1. The Kier molecular flexibility index (Phi) is 5.36. The van der Waals surface area contributed by atoms with Crippen molar-refractivity contribution in [3.63, 3.8) is 0 Å². The summed E-state index contributed by atoms with van der Waals surface area (Å²) in [6.45, 7) is 6.73. The fourth-order valence-electron chi connectivity index (χ4n) is 3.53. The molecule has 0 aromatic carbocycles. The molecule has 0 spiro atoms. The van der Waals surface area contributed by atoms with E-state index in [-0.39, 0.29) is 6.03 Å². The van der Waals surface area contributed by atoms with E-state index in [1.54, 1.807) is 0 Å². The maximum absolute atomic E-state index is 12.3. The molecule has 2 fully saturated rings. The third-order valence-corrected chi connectivity index (χ3v) is 4.88. The van der Waals surface area contributed by atoms with Crippen molar-refractivity contribution in [2.45, 2.75) is 45.6 Å². The molecule has 1 aromatic rings. The van der Waals surface area contributed by atoms with Crippen LogP contribution in [0.4, 0.5) is 10.6 Å². The first-order valence-electron chi connectivity index (χ1n) is 8.95. The summed E-state index contributed by atoms with van der Waals surface area (Å²) in [5.74, 6) is 1.66. The van der Waals surface area contributed by atoms with Gasteiger partial charge in [0.05, 0.1) is 0 Å². The predicted molar refractivity (Wildman–Crippen MR) is 92.5 cm³/mol. The third-order valence-electron chi connectivity index (χ3n) is 4.88. The lowest BCUT2D eigenvalue weighted by Gasteiger charge is -2.31. The Balaban J connectivity index is 1.54. The molecule has 0 radical (unpaired) electrons. The number of nitrogens with one attached hydrogen (secondary N) is 1. The van der Waals surface area contributed by atoms with Crippen LogP contribution in [0.15, 0.2) is 18.3 Å². The molecule has 5 heteroatoms. The Labute approximate surface area is 139 Å². The van der Waals surface area contributed by atoms with E-state index in [1.165, 1.54) is 25.7 Å². The van der Waals surface area contributed by atoms with E-state index >= 15 is 0 Å². The molecular formula is C18H28N4O. The highest BCUT2D eigenvalue weighted by atomic mass is 16.2. The second-order valence-electron chi connectivity index (χ2n) is 6.92. The average molecular weight is 316 g/mol. The molecule has 126 valence electrons. The van der Waals surface area contributed by atoms with E-state index in [0.29, 0.717) is 12.5 Å². The van der Waals surface area contributed by atoms with Crippen LogP contribution < -0.4 is 10.2 Å². The van der Waals surface area contributed by atoms with Gasteiger partial charge in [-0.25, -0.2) is 9.78 Å². The summed E-state index contributed by atoms with van der Waals surface area (Å²) in [6.07, 6.45) is 8.01. The van der Waals surface area contributed by atoms with Crippen molar-refractivity contribution in [2.24, 2.45) is 5.92 Å². The number of hydrogen-bond donors (Lipinski definition) is 1. The Morgan fingerprint density at radius 1 is 1.26 bits per heavy atom. The standard InChI is InChI=1S/C18H28N4O/c1-15-6-5-11-22(14-15)18(23)20-13-16-7-8-19-17(12-16)21-9-3-2-4-10-21/h7-8,12,15H,2-6,9-11,13-14H2,1H3,(H,20,23). The van der Waals surface area contributed by atoms with Crippen molar-refractivity contribution in [1.82, 2.24) is 15.2 Å². The normalized spacial score (nSPS) is 22.0. The van der Waals surface area contributed by atoms with Crippen molar-refractivity contribution in [3.05, 3.63) is 23.9 Å². The largest absolute Gasteiger partial charge is 0.357 e. The number of urea groups is 1. The molecule has 3 heterocycles. The number of piperidine rings is 2. The molecule has 23 heavy (non-hydrogen) atoms. The van der Waals surface area contributed by atoms with Crippen LogP contribution in [0.3, 0.4) is 0 Å². The first-order valence-corrected chi connectivity index (χ1v) is 8.95. The van der Waals surface area contributed by atoms with E-state index in [9.17, 15) is 4.79 Å². The Morgan fingerprint density at radius 2 is 2.09 bits per heavy atom. The zero-order valence-corrected chi connectivity index (χ0v) is 14.1. The number of aromatic nitrogens is 1. The monoisotopic (exact) mass is 316 g/mol. The first kappa shape index (κ1) is 16.1. The lowest BCUT2D eigenvalue weighted by molar-refractivity contribution is 0.169. The number of anilines is 1. The van der Waals surface area contributed by atoms with E-state index < -0.39 is 0 Å². The molecule has 1 unspecified atom stereocenters. The number of carbonyl (C=O) groups excluding carboxylic acids is 1. The fourth-order valence-corrected chi connectivity index (χ4v) is 3.53. The summed E-state index contributed by atoms with van der Waals surface area (Å²) in [6, 6.07) is 4.17. The van der Waals surface area contributed by atoms with Gasteiger partial charge in [0.2, 0.25) is 0 Å². The molecule has 0 saturated carbocycles.